The summed E-state index contributed by atoms with van der Waals surface area (Å²) in [7, 11) is 0. The molecule has 0 aliphatic carbocycles. The third kappa shape index (κ3) is 5.72. The summed E-state index contributed by atoms with van der Waals surface area (Å²) < 4.78 is 29.7. The van der Waals surface area contributed by atoms with Gasteiger partial charge in [-0.25, -0.2) is 18.4 Å². The van der Waals surface area contributed by atoms with Gasteiger partial charge in [0.25, 0.3) is 0 Å². The summed E-state index contributed by atoms with van der Waals surface area (Å²) in [6.07, 6.45) is 4.49. The molecule has 0 bridgehead atoms. The minimum absolute atomic E-state index is 0.00495. The molecule has 1 atom stereocenters. The van der Waals surface area contributed by atoms with E-state index in [2.05, 4.69) is 26.4 Å². The van der Waals surface area contributed by atoms with Gasteiger partial charge in [0.05, 0.1) is 18.2 Å². The van der Waals surface area contributed by atoms with Crippen molar-refractivity contribution < 1.29 is 13.9 Å². The van der Waals surface area contributed by atoms with E-state index in [0.717, 1.165) is 41.8 Å². The highest BCUT2D eigenvalue weighted by Gasteiger charge is 2.36. The Hall–Kier alpha value is -4.13. The zero-order chi connectivity index (χ0) is 26.5. The van der Waals surface area contributed by atoms with Crippen molar-refractivity contribution in [3.05, 3.63) is 102 Å². The van der Waals surface area contributed by atoms with E-state index in [9.17, 15) is 19.1 Å². The van der Waals surface area contributed by atoms with E-state index in [-0.39, 0.29) is 24.7 Å². The fourth-order valence-corrected chi connectivity index (χ4v) is 5.09. The molecule has 194 valence electrons. The number of anilines is 1. The standard InChI is InChI=1S/C29H28F2N6O/c30-23-7-10-27(28(31)15-23)29(38,18-37-20-33-19-34-37)17-36-13-11-25(12-14-36)35-24-8-5-21(6-9-24)26-4-2-1-3-22(26)16-32/h1-10,15,19-20,25,35,38H,11-14,17-18H2. The fourth-order valence-electron chi connectivity index (χ4n) is 5.09. The van der Waals surface area contributed by atoms with Crippen molar-refractivity contribution in [1.29, 1.82) is 5.26 Å². The molecule has 7 nitrogen and oxygen atoms in total. The summed E-state index contributed by atoms with van der Waals surface area (Å²) in [5.74, 6) is -1.48. The van der Waals surface area contributed by atoms with Crippen molar-refractivity contribution in [2.75, 3.05) is 25.0 Å². The molecule has 2 N–H and O–H groups in total. The van der Waals surface area contributed by atoms with Crippen molar-refractivity contribution >= 4 is 5.69 Å². The zero-order valence-electron chi connectivity index (χ0n) is 20.8. The summed E-state index contributed by atoms with van der Waals surface area (Å²) in [5.41, 5.74) is 1.96. The number of aromatic nitrogens is 3. The second-order valence-corrected chi connectivity index (χ2v) is 9.68. The van der Waals surface area contributed by atoms with Crippen molar-refractivity contribution in [1.82, 2.24) is 19.7 Å². The van der Waals surface area contributed by atoms with Gasteiger partial charge >= 0.3 is 0 Å². The molecule has 4 aromatic rings. The molecule has 5 rings (SSSR count). The lowest BCUT2D eigenvalue weighted by atomic mass is 9.91. The minimum atomic E-state index is -1.61. The number of piperidine rings is 1. The van der Waals surface area contributed by atoms with Crippen LogP contribution in [-0.2, 0) is 12.1 Å². The van der Waals surface area contributed by atoms with Gasteiger partial charge in [-0.2, -0.15) is 10.4 Å². The first-order valence-corrected chi connectivity index (χ1v) is 12.5. The van der Waals surface area contributed by atoms with E-state index in [0.29, 0.717) is 18.7 Å². The number of nitriles is 1. The van der Waals surface area contributed by atoms with Gasteiger partial charge in [0, 0.05) is 43.0 Å². The summed E-state index contributed by atoms with van der Waals surface area (Å²) >= 11 is 0. The Morgan fingerprint density at radius 3 is 2.47 bits per heavy atom. The first-order chi connectivity index (χ1) is 18.4. The molecule has 1 fully saturated rings. The number of aliphatic hydroxyl groups is 1. The Balaban J connectivity index is 1.22. The molecule has 0 spiro atoms. The number of hydrogen-bond acceptors (Lipinski definition) is 6. The van der Waals surface area contributed by atoms with Crippen LogP contribution in [0.3, 0.4) is 0 Å². The number of nitrogens with one attached hydrogen (secondary N) is 1. The average molecular weight is 515 g/mol. The molecule has 2 heterocycles. The van der Waals surface area contributed by atoms with Crippen LogP contribution in [0.4, 0.5) is 14.5 Å². The first-order valence-electron chi connectivity index (χ1n) is 12.5. The number of hydrogen-bond donors (Lipinski definition) is 2. The van der Waals surface area contributed by atoms with Crippen LogP contribution in [-0.4, -0.2) is 50.4 Å². The first kappa shape index (κ1) is 25.5. The van der Waals surface area contributed by atoms with E-state index in [1.165, 1.54) is 23.4 Å². The normalized spacial score (nSPS) is 16.1. The molecule has 1 saturated heterocycles. The Bertz CT molecular complexity index is 1410. The predicted molar refractivity (Wildman–Crippen MR) is 140 cm³/mol. The monoisotopic (exact) mass is 514 g/mol. The molecule has 9 heteroatoms. The van der Waals surface area contributed by atoms with Gasteiger partial charge in [-0.1, -0.05) is 36.4 Å². The van der Waals surface area contributed by atoms with E-state index >= 15 is 0 Å². The number of β-amino-alcohol motifs (C(OH)–C–C–N with tert-alkyl or cyclic N) is 1. The van der Waals surface area contributed by atoms with Gasteiger partial charge in [0.2, 0.25) is 0 Å². The molecular formula is C29H28F2N6O. The molecule has 38 heavy (non-hydrogen) atoms. The Kier molecular flexibility index (Phi) is 7.45. The number of nitrogens with zero attached hydrogens (tertiary/aromatic N) is 5. The van der Waals surface area contributed by atoms with Crippen LogP contribution < -0.4 is 5.32 Å². The summed E-state index contributed by atoms with van der Waals surface area (Å²) in [4.78, 5) is 6.01. The second-order valence-electron chi connectivity index (χ2n) is 9.68. The third-order valence-corrected chi connectivity index (χ3v) is 7.01. The fraction of sp³-hybridized carbons (Fsp3) is 0.276. The molecule has 0 saturated carbocycles. The Labute approximate surface area is 220 Å². The lowest BCUT2D eigenvalue weighted by molar-refractivity contribution is -0.0260. The Morgan fingerprint density at radius 1 is 1.03 bits per heavy atom. The Morgan fingerprint density at radius 2 is 1.79 bits per heavy atom. The lowest BCUT2D eigenvalue weighted by Gasteiger charge is -2.38. The highest BCUT2D eigenvalue weighted by Crippen LogP contribution is 2.30. The van der Waals surface area contributed by atoms with Crippen LogP contribution in [0.25, 0.3) is 11.1 Å². The SMILES string of the molecule is N#Cc1ccccc1-c1ccc(NC2CCN(CC(O)(Cn3cncn3)c3ccc(F)cc3F)CC2)cc1. The molecule has 1 aromatic heterocycles. The maximum atomic E-state index is 14.7. The average Bonchev–Trinajstić information content (AvgIpc) is 3.43. The number of halogens is 2. The minimum Gasteiger partial charge on any atom is -0.382 e. The van der Waals surface area contributed by atoms with Crippen LogP contribution in [0.1, 0.15) is 24.0 Å². The highest BCUT2D eigenvalue weighted by molar-refractivity contribution is 5.71. The number of rotatable bonds is 8. The van der Waals surface area contributed by atoms with E-state index in [4.69, 9.17) is 0 Å². The third-order valence-electron chi connectivity index (χ3n) is 7.01. The molecule has 1 aliphatic rings. The van der Waals surface area contributed by atoms with Crippen LogP contribution in [0.2, 0.25) is 0 Å². The molecule has 1 aliphatic heterocycles. The van der Waals surface area contributed by atoms with Gasteiger partial charge in [-0.15, -0.1) is 0 Å². The van der Waals surface area contributed by atoms with Crippen molar-refractivity contribution in [3.63, 3.8) is 0 Å². The van der Waals surface area contributed by atoms with Crippen molar-refractivity contribution in [3.8, 4) is 17.2 Å². The summed E-state index contributed by atoms with van der Waals surface area (Å²) in [6.45, 7) is 1.58. The molecule has 3 aromatic carbocycles. The van der Waals surface area contributed by atoms with Crippen LogP contribution in [0.5, 0.6) is 0 Å². The predicted octanol–water partition coefficient (Wildman–Crippen LogP) is 4.56. The lowest BCUT2D eigenvalue weighted by Crippen LogP contribution is -2.48. The highest BCUT2D eigenvalue weighted by atomic mass is 19.1. The summed E-state index contributed by atoms with van der Waals surface area (Å²) in [5, 5.41) is 28.6. The van der Waals surface area contributed by atoms with E-state index in [1.807, 2.05) is 48.5 Å². The molecular weight excluding hydrogens is 486 g/mol. The van der Waals surface area contributed by atoms with Crippen LogP contribution in [0.15, 0.2) is 79.4 Å². The van der Waals surface area contributed by atoms with Crippen LogP contribution in [0, 0.1) is 23.0 Å². The van der Waals surface area contributed by atoms with Gasteiger partial charge < -0.3 is 10.4 Å². The van der Waals surface area contributed by atoms with Gasteiger partial charge in [-0.3, -0.25) is 4.90 Å². The summed E-state index contributed by atoms with van der Waals surface area (Å²) in [6, 6.07) is 21.3. The largest absolute Gasteiger partial charge is 0.382 e. The maximum absolute atomic E-state index is 14.7. The molecule has 0 amide bonds. The molecule has 1 unspecified atom stereocenters. The van der Waals surface area contributed by atoms with E-state index < -0.39 is 17.2 Å². The van der Waals surface area contributed by atoms with E-state index in [1.54, 1.807) is 0 Å². The maximum Gasteiger partial charge on any atom is 0.137 e. The number of benzene rings is 3. The quantitative estimate of drug-likeness (QED) is 0.358. The number of likely N-dealkylation sites (tertiary alicyclic amines) is 1. The van der Waals surface area contributed by atoms with Crippen molar-refractivity contribution in [2.45, 2.75) is 31.0 Å². The van der Waals surface area contributed by atoms with Gasteiger partial charge in [0.15, 0.2) is 0 Å². The second kappa shape index (κ2) is 11.1. The van der Waals surface area contributed by atoms with Crippen LogP contribution >= 0.6 is 0 Å². The van der Waals surface area contributed by atoms with Crippen molar-refractivity contribution in [2.24, 2.45) is 0 Å². The zero-order valence-corrected chi connectivity index (χ0v) is 20.8. The van der Waals surface area contributed by atoms with Gasteiger partial charge in [0.1, 0.15) is 29.9 Å². The topological polar surface area (TPSA) is 90.0 Å². The van der Waals surface area contributed by atoms with Gasteiger partial charge in [-0.05, 0) is 48.2 Å². The molecule has 0 radical (unpaired) electrons. The smallest absolute Gasteiger partial charge is 0.137 e.